The maximum Gasteiger partial charge on any atom is 0.262 e. The first-order valence-electron chi connectivity index (χ1n) is 10.4. The molecule has 2 N–H and O–H groups in total. The number of rotatable bonds is 9. The lowest BCUT2D eigenvalue weighted by molar-refractivity contribution is -0.132. The molecule has 0 saturated heterocycles. The number of hydrogen-bond donors (Lipinski definition) is 2. The van der Waals surface area contributed by atoms with E-state index in [0.29, 0.717) is 10.8 Å². The van der Waals surface area contributed by atoms with Crippen LogP contribution in [0.5, 0.6) is 5.75 Å². The Balaban J connectivity index is 1.68. The fourth-order valence-corrected chi connectivity index (χ4v) is 3.68. The van der Waals surface area contributed by atoms with Crippen LogP contribution in [0.4, 0.5) is 0 Å². The second kappa shape index (κ2) is 12.6. The van der Waals surface area contributed by atoms with Crippen LogP contribution < -0.4 is 15.5 Å². The maximum atomic E-state index is 12.9. The van der Waals surface area contributed by atoms with Gasteiger partial charge in [-0.25, -0.2) is 5.43 Å². The molecule has 0 saturated carbocycles. The molecule has 6 nitrogen and oxygen atoms in total. The standard InChI is InChI=1S/C25H22BrCl2N3O3/c1-16(34-23-12-11-20(27)14-21(23)28)24(32)30-22(13-17-5-3-2-4-6-17)25(33)31-29-15-18-7-9-19(26)10-8-18/h2-12,14-16,22H,13H2,1H3,(H,30,32)(H,31,33)/b29-15-/t16-,22-/m0/s1. The van der Waals surface area contributed by atoms with E-state index >= 15 is 0 Å². The Morgan fingerprint density at radius 3 is 2.41 bits per heavy atom. The number of carbonyl (C=O) groups excluding carboxylic acids is 2. The normalized spacial score (nSPS) is 12.7. The molecule has 0 aliphatic rings. The van der Waals surface area contributed by atoms with Crippen molar-refractivity contribution in [3.05, 3.63) is 98.4 Å². The summed E-state index contributed by atoms with van der Waals surface area (Å²) in [6.45, 7) is 1.57. The lowest BCUT2D eigenvalue weighted by Gasteiger charge is -2.21. The molecule has 0 fully saturated rings. The summed E-state index contributed by atoms with van der Waals surface area (Å²) in [7, 11) is 0. The Morgan fingerprint density at radius 2 is 1.74 bits per heavy atom. The molecule has 0 heterocycles. The summed E-state index contributed by atoms with van der Waals surface area (Å²) in [6.07, 6.45) is 0.900. The molecule has 0 bridgehead atoms. The van der Waals surface area contributed by atoms with Crippen LogP contribution in [0.25, 0.3) is 0 Å². The van der Waals surface area contributed by atoms with Gasteiger partial charge in [-0.1, -0.05) is 81.6 Å². The molecular weight excluding hydrogens is 541 g/mol. The van der Waals surface area contributed by atoms with Gasteiger partial charge in [-0.15, -0.1) is 0 Å². The molecule has 0 spiro atoms. The predicted molar refractivity (Wildman–Crippen MR) is 139 cm³/mol. The Hall–Kier alpha value is -2.87. The van der Waals surface area contributed by atoms with Crippen LogP contribution in [0.15, 0.2) is 82.4 Å². The van der Waals surface area contributed by atoms with E-state index in [4.69, 9.17) is 27.9 Å². The minimum atomic E-state index is -0.906. The SMILES string of the molecule is C[C@H](Oc1ccc(Cl)cc1Cl)C(=O)N[C@@H](Cc1ccccc1)C(=O)N/N=C\c1ccc(Br)cc1. The quantitative estimate of drug-likeness (QED) is 0.271. The molecule has 176 valence electrons. The van der Waals surface area contributed by atoms with Gasteiger partial charge in [0, 0.05) is 15.9 Å². The van der Waals surface area contributed by atoms with Crippen molar-refractivity contribution >= 4 is 57.2 Å². The fourth-order valence-electron chi connectivity index (χ4n) is 2.96. The van der Waals surface area contributed by atoms with E-state index < -0.39 is 24.0 Å². The van der Waals surface area contributed by atoms with Crippen LogP contribution in [0.2, 0.25) is 10.0 Å². The topological polar surface area (TPSA) is 79.8 Å². The first-order valence-corrected chi connectivity index (χ1v) is 11.9. The van der Waals surface area contributed by atoms with Crippen molar-refractivity contribution in [3.63, 3.8) is 0 Å². The Labute approximate surface area is 216 Å². The van der Waals surface area contributed by atoms with Crippen LogP contribution in [0.3, 0.4) is 0 Å². The molecule has 3 aromatic rings. The number of hydrogen-bond acceptors (Lipinski definition) is 4. The van der Waals surface area contributed by atoms with Crippen LogP contribution in [-0.2, 0) is 16.0 Å². The van der Waals surface area contributed by atoms with E-state index in [1.54, 1.807) is 19.1 Å². The summed E-state index contributed by atoms with van der Waals surface area (Å²) in [5.74, 6) is -0.613. The van der Waals surface area contributed by atoms with Crippen LogP contribution >= 0.6 is 39.1 Å². The van der Waals surface area contributed by atoms with Gasteiger partial charge in [-0.3, -0.25) is 9.59 Å². The highest BCUT2D eigenvalue weighted by Crippen LogP contribution is 2.28. The van der Waals surface area contributed by atoms with Crippen molar-refractivity contribution in [1.82, 2.24) is 10.7 Å². The summed E-state index contributed by atoms with van der Waals surface area (Å²) < 4.78 is 6.61. The third-order valence-corrected chi connectivity index (χ3v) is 5.80. The van der Waals surface area contributed by atoms with Crippen molar-refractivity contribution in [2.24, 2.45) is 5.10 Å². The van der Waals surface area contributed by atoms with E-state index in [1.807, 2.05) is 54.6 Å². The van der Waals surface area contributed by atoms with Crippen molar-refractivity contribution in [2.45, 2.75) is 25.5 Å². The molecule has 0 aliphatic heterocycles. The van der Waals surface area contributed by atoms with Crippen molar-refractivity contribution in [2.75, 3.05) is 0 Å². The molecule has 3 rings (SSSR count). The zero-order valence-electron chi connectivity index (χ0n) is 18.2. The van der Waals surface area contributed by atoms with E-state index in [2.05, 4.69) is 31.8 Å². The van der Waals surface area contributed by atoms with Crippen molar-refractivity contribution in [1.29, 1.82) is 0 Å². The van der Waals surface area contributed by atoms with Gasteiger partial charge in [0.1, 0.15) is 11.8 Å². The van der Waals surface area contributed by atoms with Crippen molar-refractivity contribution in [3.8, 4) is 5.75 Å². The third kappa shape index (κ3) is 7.87. The highest BCUT2D eigenvalue weighted by atomic mass is 79.9. The number of nitrogens with zero attached hydrogens (tertiary/aromatic N) is 1. The van der Waals surface area contributed by atoms with Gasteiger partial charge < -0.3 is 10.1 Å². The molecule has 2 amide bonds. The molecule has 9 heteroatoms. The van der Waals surface area contributed by atoms with E-state index in [1.165, 1.54) is 12.3 Å². The molecule has 2 atom stereocenters. The predicted octanol–water partition coefficient (Wildman–Crippen LogP) is 5.40. The van der Waals surface area contributed by atoms with E-state index in [9.17, 15) is 9.59 Å². The van der Waals surface area contributed by atoms with Crippen LogP contribution in [0, 0.1) is 0 Å². The smallest absolute Gasteiger partial charge is 0.262 e. The van der Waals surface area contributed by atoms with Gasteiger partial charge >= 0.3 is 0 Å². The zero-order chi connectivity index (χ0) is 24.5. The summed E-state index contributed by atoms with van der Waals surface area (Å²) in [4.78, 5) is 25.7. The molecule has 0 unspecified atom stereocenters. The number of benzene rings is 3. The number of amides is 2. The highest BCUT2D eigenvalue weighted by molar-refractivity contribution is 9.10. The summed E-state index contributed by atoms with van der Waals surface area (Å²) in [5.41, 5.74) is 4.20. The molecule has 0 aromatic heterocycles. The summed E-state index contributed by atoms with van der Waals surface area (Å²) in [6, 6.07) is 20.7. The average Bonchev–Trinajstić information content (AvgIpc) is 2.82. The molecule has 34 heavy (non-hydrogen) atoms. The lowest BCUT2D eigenvalue weighted by Crippen LogP contribution is -2.50. The van der Waals surface area contributed by atoms with Gasteiger partial charge in [0.25, 0.3) is 11.8 Å². The molecule has 0 aliphatic carbocycles. The van der Waals surface area contributed by atoms with Gasteiger partial charge in [-0.2, -0.15) is 5.10 Å². The van der Waals surface area contributed by atoms with Gasteiger partial charge in [-0.05, 0) is 48.4 Å². The van der Waals surface area contributed by atoms with E-state index in [-0.39, 0.29) is 11.4 Å². The number of halogens is 3. The largest absolute Gasteiger partial charge is 0.479 e. The Morgan fingerprint density at radius 1 is 1.03 bits per heavy atom. The third-order valence-electron chi connectivity index (χ3n) is 4.74. The molecule has 0 radical (unpaired) electrons. The second-order valence-electron chi connectivity index (χ2n) is 7.37. The van der Waals surface area contributed by atoms with Gasteiger partial charge in [0.2, 0.25) is 0 Å². The van der Waals surface area contributed by atoms with E-state index in [0.717, 1.165) is 15.6 Å². The minimum Gasteiger partial charge on any atom is -0.479 e. The number of hydrazone groups is 1. The first-order chi connectivity index (χ1) is 16.3. The van der Waals surface area contributed by atoms with Crippen molar-refractivity contribution < 1.29 is 14.3 Å². The summed E-state index contributed by atoms with van der Waals surface area (Å²) >= 11 is 15.4. The second-order valence-corrected chi connectivity index (χ2v) is 9.13. The number of nitrogens with one attached hydrogen (secondary N) is 2. The van der Waals surface area contributed by atoms with Gasteiger partial charge in [0.15, 0.2) is 6.10 Å². The number of carbonyl (C=O) groups is 2. The average molecular weight is 563 g/mol. The van der Waals surface area contributed by atoms with Crippen LogP contribution in [0.1, 0.15) is 18.1 Å². The zero-order valence-corrected chi connectivity index (χ0v) is 21.3. The highest BCUT2D eigenvalue weighted by Gasteiger charge is 2.25. The monoisotopic (exact) mass is 561 g/mol. The fraction of sp³-hybridized carbons (Fsp3) is 0.160. The van der Waals surface area contributed by atoms with Gasteiger partial charge in [0.05, 0.1) is 11.2 Å². The lowest BCUT2D eigenvalue weighted by atomic mass is 10.1. The Bertz CT molecular complexity index is 1160. The first kappa shape index (κ1) is 25.7. The molecular formula is C25H22BrCl2N3O3. The number of ether oxygens (including phenoxy) is 1. The maximum absolute atomic E-state index is 12.9. The molecule has 3 aromatic carbocycles. The minimum absolute atomic E-state index is 0.278. The Kier molecular flexibility index (Phi) is 9.51. The summed E-state index contributed by atoms with van der Waals surface area (Å²) in [5, 5.41) is 7.51. The van der Waals surface area contributed by atoms with Crippen LogP contribution in [-0.4, -0.2) is 30.2 Å².